The first-order chi connectivity index (χ1) is 4.41. The molecule has 0 saturated carbocycles. The number of rotatable bonds is 5. The van der Waals surface area contributed by atoms with Crippen LogP contribution in [-0.2, 0) is 9.47 Å². The lowest BCUT2D eigenvalue weighted by Gasteiger charge is -1.96. The normalized spacial score (nSPS) is 10.9. The highest BCUT2D eigenvalue weighted by Crippen LogP contribution is 1.72. The molecular formula is C6H13NO2. The summed E-state index contributed by atoms with van der Waals surface area (Å²) in [5.74, 6) is 0. The first kappa shape index (κ1) is 8.59. The highest BCUT2D eigenvalue weighted by atomic mass is 16.5. The van der Waals surface area contributed by atoms with Crippen molar-refractivity contribution < 1.29 is 9.47 Å². The van der Waals surface area contributed by atoms with E-state index in [1.165, 1.54) is 0 Å². The molecular weight excluding hydrogens is 118 g/mol. The molecule has 0 unspecified atom stereocenters. The van der Waals surface area contributed by atoms with Gasteiger partial charge in [-0.05, 0) is 0 Å². The summed E-state index contributed by atoms with van der Waals surface area (Å²) in [4.78, 5) is 3.74. The van der Waals surface area contributed by atoms with Gasteiger partial charge in [-0.25, -0.2) is 0 Å². The Morgan fingerprint density at radius 3 is 2.78 bits per heavy atom. The van der Waals surface area contributed by atoms with E-state index in [-0.39, 0.29) is 0 Å². The molecule has 0 heterocycles. The highest BCUT2D eigenvalue weighted by molar-refractivity contribution is 5.58. The fourth-order valence-corrected chi connectivity index (χ4v) is 0.353. The number of aliphatic imine (C=N–C) groups is 1. The third kappa shape index (κ3) is 7.59. The summed E-state index contributed by atoms with van der Waals surface area (Å²) in [6.07, 6.45) is 1.72. The van der Waals surface area contributed by atoms with E-state index in [2.05, 4.69) is 4.99 Å². The second-order valence-corrected chi connectivity index (χ2v) is 1.51. The Morgan fingerprint density at radius 2 is 2.22 bits per heavy atom. The second-order valence-electron chi connectivity index (χ2n) is 1.51. The van der Waals surface area contributed by atoms with Gasteiger partial charge in [0.05, 0.1) is 19.8 Å². The fraction of sp³-hybridized carbons (Fsp3) is 0.833. The van der Waals surface area contributed by atoms with E-state index in [1.807, 2.05) is 0 Å². The van der Waals surface area contributed by atoms with Crippen molar-refractivity contribution in [2.75, 3.05) is 34.0 Å². The zero-order chi connectivity index (χ0) is 6.95. The van der Waals surface area contributed by atoms with E-state index in [1.54, 1.807) is 20.4 Å². The number of ether oxygens (including phenoxy) is 2. The van der Waals surface area contributed by atoms with Crippen molar-refractivity contribution in [3.63, 3.8) is 0 Å². The lowest BCUT2D eigenvalue weighted by Crippen LogP contribution is -2.03. The van der Waals surface area contributed by atoms with Crippen LogP contribution in [0.25, 0.3) is 0 Å². The molecule has 3 nitrogen and oxygen atoms in total. The minimum atomic E-state index is 0.583. The van der Waals surface area contributed by atoms with Crippen molar-refractivity contribution in [3.05, 3.63) is 0 Å². The molecule has 0 amide bonds. The molecule has 0 aliphatic rings. The van der Waals surface area contributed by atoms with E-state index >= 15 is 0 Å². The van der Waals surface area contributed by atoms with Crippen LogP contribution in [-0.4, -0.2) is 40.2 Å². The molecule has 0 atom stereocenters. The van der Waals surface area contributed by atoms with Crippen LogP contribution in [0, 0.1) is 0 Å². The molecule has 0 aromatic heterocycles. The molecule has 0 rings (SSSR count). The molecule has 0 spiro atoms. The smallest absolute Gasteiger partial charge is 0.0815 e. The van der Waals surface area contributed by atoms with Crippen LogP contribution in [0.1, 0.15) is 0 Å². The summed E-state index contributed by atoms with van der Waals surface area (Å²) in [6.45, 7) is 1.87. The lowest BCUT2D eigenvalue weighted by atomic mass is 10.7. The van der Waals surface area contributed by atoms with Crippen LogP contribution in [0.5, 0.6) is 0 Å². The molecule has 0 bridgehead atoms. The Hall–Kier alpha value is -0.410. The Morgan fingerprint density at radius 1 is 1.44 bits per heavy atom. The van der Waals surface area contributed by atoms with E-state index in [9.17, 15) is 0 Å². The first-order valence-electron chi connectivity index (χ1n) is 2.89. The zero-order valence-corrected chi connectivity index (χ0v) is 5.96. The largest absolute Gasteiger partial charge is 0.382 e. The summed E-state index contributed by atoms with van der Waals surface area (Å²) >= 11 is 0. The predicted octanol–water partition coefficient (Wildman–Crippen LogP) is 0.350. The van der Waals surface area contributed by atoms with Gasteiger partial charge in [0.2, 0.25) is 0 Å². The van der Waals surface area contributed by atoms with Gasteiger partial charge in [0.25, 0.3) is 0 Å². The number of hydrogen-bond donors (Lipinski definition) is 0. The highest BCUT2D eigenvalue weighted by Gasteiger charge is 1.81. The molecule has 0 N–H and O–H groups in total. The molecule has 9 heavy (non-hydrogen) atoms. The molecule has 0 fully saturated rings. The van der Waals surface area contributed by atoms with Crippen LogP contribution in [0.3, 0.4) is 0 Å². The third-order valence-corrected chi connectivity index (χ3v) is 0.807. The quantitative estimate of drug-likeness (QED) is 0.398. The van der Waals surface area contributed by atoms with Gasteiger partial charge in [-0.15, -0.1) is 0 Å². The van der Waals surface area contributed by atoms with Crippen LogP contribution < -0.4 is 0 Å². The summed E-state index contributed by atoms with van der Waals surface area (Å²) in [5.41, 5.74) is 0. The average molecular weight is 131 g/mol. The Balaban J connectivity index is 2.75. The van der Waals surface area contributed by atoms with Crippen molar-refractivity contribution in [3.8, 4) is 0 Å². The van der Waals surface area contributed by atoms with Gasteiger partial charge in [-0.2, -0.15) is 0 Å². The minimum absolute atomic E-state index is 0.583. The van der Waals surface area contributed by atoms with E-state index < -0.39 is 0 Å². The molecule has 3 heteroatoms. The maximum Gasteiger partial charge on any atom is 0.0815 e. The summed E-state index contributed by atoms with van der Waals surface area (Å²) in [6, 6.07) is 0. The van der Waals surface area contributed by atoms with Gasteiger partial charge in [0, 0.05) is 20.4 Å². The molecule has 0 aromatic rings. The number of hydrogen-bond acceptors (Lipinski definition) is 3. The number of nitrogens with zero attached hydrogens (tertiary/aromatic N) is 1. The zero-order valence-electron chi connectivity index (χ0n) is 5.96. The maximum atomic E-state index is 5.04. The van der Waals surface area contributed by atoms with Crippen molar-refractivity contribution >= 4 is 6.21 Å². The van der Waals surface area contributed by atoms with Crippen molar-refractivity contribution in [2.45, 2.75) is 0 Å². The fourth-order valence-electron chi connectivity index (χ4n) is 0.353. The van der Waals surface area contributed by atoms with Gasteiger partial charge in [-0.3, -0.25) is 4.99 Å². The molecule has 0 radical (unpaired) electrons. The Kier molecular flexibility index (Phi) is 7.24. The SMILES string of the molecule is CN=CCOCCOC. The third-order valence-electron chi connectivity index (χ3n) is 0.807. The first-order valence-corrected chi connectivity index (χ1v) is 2.89. The summed E-state index contributed by atoms with van der Waals surface area (Å²) in [7, 11) is 3.37. The van der Waals surface area contributed by atoms with Crippen LogP contribution in [0.4, 0.5) is 0 Å². The van der Waals surface area contributed by atoms with Crippen LogP contribution >= 0.6 is 0 Å². The number of methoxy groups -OCH3 is 1. The average Bonchev–Trinajstić information content (AvgIpc) is 1.89. The summed E-state index contributed by atoms with van der Waals surface area (Å²) in [5, 5.41) is 0. The molecule has 0 aliphatic heterocycles. The van der Waals surface area contributed by atoms with Crippen molar-refractivity contribution in [1.82, 2.24) is 0 Å². The topological polar surface area (TPSA) is 30.8 Å². The van der Waals surface area contributed by atoms with Crippen LogP contribution in [0.2, 0.25) is 0 Å². The van der Waals surface area contributed by atoms with Gasteiger partial charge in [0.1, 0.15) is 0 Å². The van der Waals surface area contributed by atoms with Gasteiger partial charge in [0.15, 0.2) is 0 Å². The maximum absolute atomic E-state index is 5.04. The molecule has 0 aromatic carbocycles. The van der Waals surface area contributed by atoms with Crippen LogP contribution in [0.15, 0.2) is 4.99 Å². The minimum Gasteiger partial charge on any atom is -0.382 e. The Labute approximate surface area is 55.7 Å². The van der Waals surface area contributed by atoms with Gasteiger partial charge in [-0.1, -0.05) is 0 Å². The Bertz CT molecular complexity index is 73.5. The summed E-state index contributed by atoms with van der Waals surface area (Å²) < 4.78 is 9.79. The lowest BCUT2D eigenvalue weighted by molar-refractivity contribution is 0.0912. The molecule has 54 valence electrons. The molecule has 0 aliphatic carbocycles. The van der Waals surface area contributed by atoms with Gasteiger partial charge >= 0.3 is 0 Å². The monoisotopic (exact) mass is 131 g/mol. The predicted molar refractivity (Wildman–Crippen MR) is 37.1 cm³/mol. The van der Waals surface area contributed by atoms with E-state index in [4.69, 9.17) is 9.47 Å². The van der Waals surface area contributed by atoms with Crippen molar-refractivity contribution in [2.24, 2.45) is 4.99 Å². The standard InChI is InChI=1S/C6H13NO2/c1-7-3-4-9-6-5-8-2/h3H,4-6H2,1-2H3. The van der Waals surface area contributed by atoms with E-state index in [0.717, 1.165) is 0 Å². The van der Waals surface area contributed by atoms with E-state index in [0.29, 0.717) is 19.8 Å². The van der Waals surface area contributed by atoms with Gasteiger partial charge < -0.3 is 9.47 Å². The second kappa shape index (κ2) is 7.59. The van der Waals surface area contributed by atoms with Crippen molar-refractivity contribution in [1.29, 1.82) is 0 Å². The molecule has 0 saturated heterocycles.